The van der Waals surface area contributed by atoms with Crippen LogP contribution in [0.25, 0.3) is 0 Å². The summed E-state index contributed by atoms with van der Waals surface area (Å²) in [6.07, 6.45) is 1.59. The molecule has 1 aromatic carbocycles. The molecule has 1 heterocycles. The molecule has 1 aromatic heterocycles. The van der Waals surface area contributed by atoms with Crippen molar-refractivity contribution in [2.45, 2.75) is 25.9 Å². The third kappa shape index (κ3) is 4.66. The van der Waals surface area contributed by atoms with Gasteiger partial charge in [0, 0.05) is 6.20 Å². The second kappa shape index (κ2) is 7.27. The second-order valence-corrected chi connectivity index (χ2v) is 6.10. The molecular formula is C17H20FN3O3. The first-order valence-electron chi connectivity index (χ1n) is 7.45. The van der Waals surface area contributed by atoms with Crippen molar-refractivity contribution in [3.63, 3.8) is 0 Å². The fraction of sp³-hybridized carbons (Fsp3) is 0.294. The average molecular weight is 333 g/mol. The van der Waals surface area contributed by atoms with Gasteiger partial charge in [-0.05, 0) is 43.7 Å². The second-order valence-electron chi connectivity index (χ2n) is 6.10. The van der Waals surface area contributed by atoms with Crippen LogP contribution in [-0.2, 0) is 6.54 Å². The minimum Gasteiger partial charge on any atom is -0.394 e. The van der Waals surface area contributed by atoms with Gasteiger partial charge in [0.25, 0.3) is 5.56 Å². The number of benzene rings is 1. The van der Waals surface area contributed by atoms with E-state index >= 15 is 0 Å². The van der Waals surface area contributed by atoms with Crippen molar-refractivity contribution < 1.29 is 14.3 Å². The van der Waals surface area contributed by atoms with Crippen molar-refractivity contribution in [3.05, 3.63) is 64.3 Å². The van der Waals surface area contributed by atoms with Gasteiger partial charge in [-0.25, -0.2) is 9.18 Å². The standard InChI is InChI=1S/C17H20FN3O3/c1-17(2,11-22)20-16(24)19-14-4-3-9-21(15(14)23)10-12-5-7-13(18)8-6-12/h3-9,22H,10-11H2,1-2H3,(H2,19,20,24). The maximum atomic E-state index is 12.9. The molecule has 0 atom stereocenters. The highest BCUT2D eigenvalue weighted by Crippen LogP contribution is 2.06. The van der Waals surface area contributed by atoms with Crippen molar-refractivity contribution >= 4 is 11.7 Å². The summed E-state index contributed by atoms with van der Waals surface area (Å²) in [5, 5.41) is 14.2. The Hall–Kier alpha value is -2.67. The molecule has 0 unspecified atom stereocenters. The average Bonchev–Trinajstić information content (AvgIpc) is 2.53. The maximum Gasteiger partial charge on any atom is 0.319 e. The molecule has 2 amide bonds. The predicted molar refractivity (Wildman–Crippen MR) is 89.5 cm³/mol. The van der Waals surface area contributed by atoms with Crippen molar-refractivity contribution in [2.24, 2.45) is 0 Å². The lowest BCUT2D eigenvalue weighted by molar-refractivity contribution is 0.187. The van der Waals surface area contributed by atoms with E-state index in [2.05, 4.69) is 10.6 Å². The Morgan fingerprint density at radius 1 is 1.25 bits per heavy atom. The van der Waals surface area contributed by atoms with E-state index in [0.717, 1.165) is 5.56 Å². The fourth-order valence-corrected chi connectivity index (χ4v) is 2.04. The lowest BCUT2D eigenvalue weighted by Crippen LogP contribution is -2.48. The van der Waals surface area contributed by atoms with Crippen LogP contribution >= 0.6 is 0 Å². The number of hydrogen-bond donors (Lipinski definition) is 3. The van der Waals surface area contributed by atoms with Gasteiger partial charge in [-0.2, -0.15) is 0 Å². The Bertz CT molecular complexity index is 769. The Labute approximate surface area is 138 Å². The maximum absolute atomic E-state index is 12.9. The predicted octanol–water partition coefficient (Wildman–Crippen LogP) is 1.93. The van der Waals surface area contributed by atoms with E-state index in [1.807, 2.05) is 0 Å². The van der Waals surface area contributed by atoms with Crippen LogP contribution in [0.4, 0.5) is 14.9 Å². The number of amides is 2. The highest BCUT2D eigenvalue weighted by Gasteiger charge is 2.19. The molecule has 0 bridgehead atoms. The van der Waals surface area contributed by atoms with Crippen molar-refractivity contribution in [3.8, 4) is 0 Å². The van der Waals surface area contributed by atoms with E-state index in [1.165, 1.54) is 22.8 Å². The molecule has 0 fully saturated rings. The number of rotatable bonds is 5. The lowest BCUT2D eigenvalue weighted by Gasteiger charge is -2.23. The van der Waals surface area contributed by atoms with E-state index in [4.69, 9.17) is 5.11 Å². The largest absolute Gasteiger partial charge is 0.394 e. The third-order valence-corrected chi connectivity index (χ3v) is 3.38. The highest BCUT2D eigenvalue weighted by atomic mass is 19.1. The number of hydrogen-bond acceptors (Lipinski definition) is 3. The van der Waals surface area contributed by atoms with Crippen LogP contribution in [-0.4, -0.2) is 27.9 Å². The zero-order valence-electron chi connectivity index (χ0n) is 13.5. The number of nitrogens with one attached hydrogen (secondary N) is 2. The van der Waals surface area contributed by atoms with Crippen LogP contribution in [0.2, 0.25) is 0 Å². The zero-order chi connectivity index (χ0) is 17.7. The summed E-state index contributed by atoms with van der Waals surface area (Å²) in [7, 11) is 0. The molecule has 0 aliphatic heterocycles. The van der Waals surface area contributed by atoms with Crippen LogP contribution in [0.15, 0.2) is 47.4 Å². The van der Waals surface area contributed by atoms with Gasteiger partial charge in [0.15, 0.2) is 0 Å². The molecule has 0 saturated carbocycles. The molecule has 128 valence electrons. The Morgan fingerprint density at radius 2 is 1.92 bits per heavy atom. The van der Waals surface area contributed by atoms with Gasteiger partial charge < -0.3 is 20.3 Å². The quantitative estimate of drug-likeness (QED) is 0.782. The molecule has 2 aromatic rings. The number of nitrogens with zero attached hydrogens (tertiary/aromatic N) is 1. The Kier molecular flexibility index (Phi) is 5.35. The summed E-state index contributed by atoms with van der Waals surface area (Å²) in [4.78, 5) is 24.3. The normalized spacial score (nSPS) is 11.2. The first-order valence-corrected chi connectivity index (χ1v) is 7.45. The van der Waals surface area contributed by atoms with Gasteiger partial charge >= 0.3 is 6.03 Å². The van der Waals surface area contributed by atoms with Gasteiger partial charge in [0.2, 0.25) is 0 Å². The molecule has 0 aliphatic carbocycles. The fourth-order valence-electron chi connectivity index (χ4n) is 2.04. The topological polar surface area (TPSA) is 83.4 Å². The van der Waals surface area contributed by atoms with Crippen molar-refractivity contribution in [1.82, 2.24) is 9.88 Å². The van der Waals surface area contributed by atoms with E-state index < -0.39 is 11.6 Å². The molecule has 24 heavy (non-hydrogen) atoms. The summed E-state index contributed by atoms with van der Waals surface area (Å²) >= 11 is 0. The van der Waals surface area contributed by atoms with Gasteiger partial charge in [0.1, 0.15) is 11.5 Å². The number of aromatic nitrogens is 1. The number of carbonyl (C=O) groups excluding carboxylic acids is 1. The van der Waals surface area contributed by atoms with Crippen LogP contribution in [0.5, 0.6) is 0 Å². The molecule has 0 saturated heterocycles. The van der Waals surface area contributed by atoms with Crippen LogP contribution < -0.4 is 16.2 Å². The van der Waals surface area contributed by atoms with E-state index in [0.29, 0.717) is 0 Å². The molecule has 6 nitrogen and oxygen atoms in total. The number of anilines is 1. The summed E-state index contributed by atoms with van der Waals surface area (Å²) in [5.74, 6) is -0.343. The minimum absolute atomic E-state index is 0.117. The summed E-state index contributed by atoms with van der Waals surface area (Å²) in [6.45, 7) is 3.34. The molecule has 2 rings (SSSR count). The number of carbonyl (C=O) groups is 1. The lowest BCUT2D eigenvalue weighted by atomic mass is 10.1. The molecule has 0 aliphatic rings. The van der Waals surface area contributed by atoms with E-state index in [9.17, 15) is 14.0 Å². The van der Waals surface area contributed by atoms with E-state index in [-0.39, 0.29) is 30.2 Å². The van der Waals surface area contributed by atoms with Gasteiger partial charge in [-0.3, -0.25) is 4.79 Å². The number of aliphatic hydroxyl groups is 1. The summed E-state index contributed by atoms with van der Waals surface area (Å²) in [5.41, 5.74) is -0.294. The summed E-state index contributed by atoms with van der Waals surface area (Å²) < 4.78 is 14.4. The minimum atomic E-state index is -0.800. The van der Waals surface area contributed by atoms with Gasteiger partial charge in [-0.1, -0.05) is 12.1 Å². The summed E-state index contributed by atoms with van der Waals surface area (Å²) in [6, 6.07) is 8.40. The Morgan fingerprint density at radius 3 is 2.54 bits per heavy atom. The third-order valence-electron chi connectivity index (χ3n) is 3.38. The SMILES string of the molecule is CC(C)(CO)NC(=O)Nc1cccn(Cc2ccc(F)cc2)c1=O. The van der Waals surface area contributed by atoms with Crippen LogP contribution in [0.1, 0.15) is 19.4 Å². The van der Waals surface area contributed by atoms with Gasteiger partial charge in [-0.15, -0.1) is 0 Å². The monoisotopic (exact) mass is 333 g/mol. The first-order chi connectivity index (χ1) is 11.3. The number of urea groups is 1. The molecule has 3 N–H and O–H groups in total. The molecule has 0 radical (unpaired) electrons. The number of halogens is 1. The zero-order valence-corrected chi connectivity index (χ0v) is 13.5. The van der Waals surface area contributed by atoms with Crippen molar-refractivity contribution in [2.75, 3.05) is 11.9 Å². The van der Waals surface area contributed by atoms with Crippen LogP contribution in [0, 0.1) is 5.82 Å². The smallest absolute Gasteiger partial charge is 0.319 e. The Balaban J connectivity index is 2.14. The number of pyridine rings is 1. The van der Waals surface area contributed by atoms with E-state index in [1.54, 1.807) is 38.2 Å². The first kappa shape index (κ1) is 17.7. The molecule has 7 heteroatoms. The van der Waals surface area contributed by atoms with Crippen LogP contribution in [0.3, 0.4) is 0 Å². The highest BCUT2D eigenvalue weighted by molar-refractivity contribution is 5.89. The van der Waals surface area contributed by atoms with Gasteiger partial charge in [0.05, 0.1) is 18.7 Å². The van der Waals surface area contributed by atoms with Crippen molar-refractivity contribution in [1.29, 1.82) is 0 Å². The number of aliphatic hydroxyl groups excluding tert-OH is 1. The molecular weight excluding hydrogens is 313 g/mol. The molecule has 0 spiro atoms.